The molecule has 0 aromatic carbocycles. The predicted octanol–water partition coefficient (Wildman–Crippen LogP) is 2.99. The third kappa shape index (κ3) is 3.00. The van der Waals surface area contributed by atoms with Gasteiger partial charge >= 0.3 is 0 Å². The number of pyridine rings is 1. The molecule has 0 saturated carbocycles. The van der Waals surface area contributed by atoms with E-state index in [4.69, 9.17) is 4.74 Å². The summed E-state index contributed by atoms with van der Waals surface area (Å²) in [6.45, 7) is 8.34. The van der Waals surface area contributed by atoms with Crippen molar-refractivity contribution >= 4 is 5.82 Å². The molecule has 2 rings (SSSR count). The molecule has 1 aromatic heterocycles. The van der Waals surface area contributed by atoms with Gasteiger partial charge in [-0.05, 0) is 31.9 Å². The number of hydrogen-bond donors (Lipinski definition) is 0. The molecule has 0 N–H and O–H groups in total. The van der Waals surface area contributed by atoms with Crippen LogP contribution in [0.3, 0.4) is 0 Å². The molecule has 2 heterocycles. The quantitative estimate of drug-likeness (QED) is 0.607. The van der Waals surface area contributed by atoms with E-state index in [1.807, 2.05) is 13.0 Å². The van der Waals surface area contributed by atoms with Crippen molar-refractivity contribution in [1.29, 1.82) is 0 Å². The third-order valence-electron chi connectivity index (χ3n) is 3.30. The van der Waals surface area contributed by atoms with Crippen LogP contribution in [0.5, 0.6) is 0 Å². The SMILES string of the molecule is C=C(OCC)C1CCN(c2cccc(F)n2)CC1. The topological polar surface area (TPSA) is 25.4 Å². The average Bonchev–Trinajstić information content (AvgIpc) is 2.39. The Morgan fingerprint density at radius 3 is 2.83 bits per heavy atom. The predicted molar refractivity (Wildman–Crippen MR) is 69.9 cm³/mol. The molecule has 0 aliphatic carbocycles. The van der Waals surface area contributed by atoms with Gasteiger partial charge in [0.2, 0.25) is 5.95 Å². The van der Waals surface area contributed by atoms with Crippen molar-refractivity contribution in [1.82, 2.24) is 4.98 Å². The number of hydrogen-bond acceptors (Lipinski definition) is 3. The minimum Gasteiger partial charge on any atom is -0.499 e. The maximum absolute atomic E-state index is 13.1. The number of aromatic nitrogens is 1. The second-order valence-corrected chi connectivity index (χ2v) is 4.48. The van der Waals surface area contributed by atoms with Crippen LogP contribution in [0.4, 0.5) is 10.2 Å². The third-order valence-corrected chi connectivity index (χ3v) is 3.30. The van der Waals surface area contributed by atoms with Crippen LogP contribution in [-0.4, -0.2) is 24.7 Å². The van der Waals surface area contributed by atoms with E-state index in [0.717, 1.165) is 37.5 Å². The lowest BCUT2D eigenvalue weighted by Gasteiger charge is -2.33. The zero-order valence-electron chi connectivity index (χ0n) is 10.7. The Bertz CT molecular complexity index is 414. The summed E-state index contributed by atoms with van der Waals surface area (Å²) >= 11 is 0. The van der Waals surface area contributed by atoms with Gasteiger partial charge in [0.25, 0.3) is 0 Å². The van der Waals surface area contributed by atoms with Crippen LogP contribution in [0.15, 0.2) is 30.5 Å². The van der Waals surface area contributed by atoms with Crippen LogP contribution < -0.4 is 4.90 Å². The molecular formula is C14H19FN2O. The molecule has 1 aliphatic rings. The Morgan fingerprint density at radius 2 is 2.22 bits per heavy atom. The van der Waals surface area contributed by atoms with Gasteiger partial charge in [-0.15, -0.1) is 0 Å². The lowest BCUT2D eigenvalue weighted by atomic mass is 9.95. The first-order chi connectivity index (χ1) is 8.70. The number of rotatable bonds is 4. The zero-order valence-corrected chi connectivity index (χ0v) is 10.7. The van der Waals surface area contributed by atoms with Crippen LogP contribution in [0, 0.1) is 11.9 Å². The van der Waals surface area contributed by atoms with Crippen LogP contribution in [-0.2, 0) is 4.74 Å². The number of nitrogens with zero attached hydrogens (tertiary/aromatic N) is 2. The summed E-state index contributed by atoms with van der Waals surface area (Å²) in [6, 6.07) is 4.91. The van der Waals surface area contributed by atoms with E-state index < -0.39 is 5.95 Å². The van der Waals surface area contributed by atoms with Crippen molar-refractivity contribution in [2.24, 2.45) is 5.92 Å². The second-order valence-electron chi connectivity index (χ2n) is 4.48. The summed E-state index contributed by atoms with van der Waals surface area (Å²) < 4.78 is 18.5. The zero-order chi connectivity index (χ0) is 13.0. The van der Waals surface area contributed by atoms with E-state index in [2.05, 4.69) is 16.5 Å². The van der Waals surface area contributed by atoms with Crippen molar-refractivity contribution in [3.8, 4) is 0 Å². The Labute approximate surface area is 107 Å². The van der Waals surface area contributed by atoms with Gasteiger partial charge in [-0.3, -0.25) is 0 Å². The van der Waals surface area contributed by atoms with Crippen molar-refractivity contribution in [3.63, 3.8) is 0 Å². The van der Waals surface area contributed by atoms with Gasteiger partial charge in [0.15, 0.2) is 0 Å². The molecule has 1 aliphatic heterocycles. The largest absolute Gasteiger partial charge is 0.499 e. The molecule has 1 saturated heterocycles. The highest BCUT2D eigenvalue weighted by Gasteiger charge is 2.23. The summed E-state index contributed by atoms with van der Waals surface area (Å²) in [5, 5.41) is 0. The highest BCUT2D eigenvalue weighted by Crippen LogP contribution is 2.26. The molecule has 0 amide bonds. The van der Waals surface area contributed by atoms with Gasteiger partial charge in [0.1, 0.15) is 5.82 Å². The van der Waals surface area contributed by atoms with Gasteiger partial charge in [0.05, 0.1) is 12.4 Å². The lowest BCUT2D eigenvalue weighted by Crippen LogP contribution is -2.35. The van der Waals surface area contributed by atoms with E-state index in [1.54, 1.807) is 6.07 Å². The molecule has 3 nitrogen and oxygen atoms in total. The first-order valence-electron chi connectivity index (χ1n) is 6.39. The fourth-order valence-electron chi connectivity index (χ4n) is 2.31. The molecule has 0 bridgehead atoms. The number of piperidine rings is 1. The van der Waals surface area contributed by atoms with E-state index in [-0.39, 0.29) is 0 Å². The second kappa shape index (κ2) is 5.85. The molecule has 98 valence electrons. The summed E-state index contributed by atoms with van der Waals surface area (Å²) in [6.07, 6.45) is 1.97. The number of anilines is 1. The van der Waals surface area contributed by atoms with E-state index in [1.165, 1.54) is 6.07 Å². The van der Waals surface area contributed by atoms with Gasteiger partial charge in [0, 0.05) is 19.0 Å². The van der Waals surface area contributed by atoms with Gasteiger partial charge < -0.3 is 9.64 Å². The number of halogens is 1. The first kappa shape index (κ1) is 12.9. The minimum absolute atomic E-state index is 0.412. The van der Waals surface area contributed by atoms with Gasteiger partial charge in [-0.25, -0.2) is 4.98 Å². The summed E-state index contributed by atoms with van der Waals surface area (Å²) in [5.74, 6) is 1.59. The van der Waals surface area contributed by atoms with Crippen LogP contribution >= 0.6 is 0 Å². The Balaban J connectivity index is 1.92. The molecule has 0 radical (unpaired) electrons. The fraction of sp³-hybridized carbons (Fsp3) is 0.500. The maximum atomic E-state index is 13.1. The van der Waals surface area contributed by atoms with E-state index >= 15 is 0 Å². The Morgan fingerprint density at radius 1 is 1.50 bits per heavy atom. The Kier molecular flexibility index (Phi) is 4.18. The first-order valence-corrected chi connectivity index (χ1v) is 6.39. The monoisotopic (exact) mass is 250 g/mol. The van der Waals surface area contributed by atoms with Crippen molar-refractivity contribution in [2.75, 3.05) is 24.6 Å². The highest BCUT2D eigenvalue weighted by molar-refractivity contribution is 5.38. The molecule has 0 spiro atoms. The molecule has 4 heteroatoms. The molecule has 18 heavy (non-hydrogen) atoms. The fourth-order valence-corrected chi connectivity index (χ4v) is 2.31. The molecule has 1 aromatic rings. The Hall–Kier alpha value is -1.58. The lowest BCUT2D eigenvalue weighted by molar-refractivity contribution is 0.180. The standard InChI is InChI=1S/C14H19FN2O/c1-3-18-11(2)12-7-9-17(10-8-12)14-6-4-5-13(15)16-14/h4-6,12H,2-3,7-10H2,1H3. The van der Waals surface area contributed by atoms with Crippen LogP contribution in [0.1, 0.15) is 19.8 Å². The van der Waals surface area contributed by atoms with Crippen molar-refractivity contribution < 1.29 is 9.13 Å². The van der Waals surface area contributed by atoms with Crippen LogP contribution in [0.2, 0.25) is 0 Å². The van der Waals surface area contributed by atoms with E-state index in [9.17, 15) is 4.39 Å². The normalized spacial score (nSPS) is 16.7. The van der Waals surface area contributed by atoms with Crippen molar-refractivity contribution in [3.05, 3.63) is 36.5 Å². The highest BCUT2D eigenvalue weighted by atomic mass is 19.1. The molecular weight excluding hydrogens is 231 g/mol. The maximum Gasteiger partial charge on any atom is 0.214 e. The molecule has 0 unspecified atom stereocenters. The summed E-state index contributed by atoms with van der Waals surface area (Å²) in [7, 11) is 0. The van der Waals surface area contributed by atoms with Gasteiger partial charge in [-0.2, -0.15) is 4.39 Å². The molecule has 1 fully saturated rings. The summed E-state index contributed by atoms with van der Waals surface area (Å²) in [5.41, 5.74) is 0. The number of allylic oxidation sites excluding steroid dienone is 1. The summed E-state index contributed by atoms with van der Waals surface area (Å²) in [4.78, 5) is 6.02. The smallest absolute Gasteiger partial charge is 0.214 e. The van der Waals surface area contributed by atoms with Crippen molar-refractivity contribution in [2.45, 2.75) is 19.8 Å². The van der Waals surface area contributed by atoms with Crippen LogP contribution in [0.25, 0.3) is 0 Å². The molecule has 0 atom stereocenters. The average molecular weight is 250 g/mol. The number of ether oxygens (including phenoxy) is 1. The van der Waals surface area contributed by atoms with Gasteiger partial charge in [-0.1, -0.05) is 12.6 Å². The van der Waals surface area contributed by atoms with E-state index in [0.29, 0.717) is 12.5 Å². The minimum atomic E-state index is -0.423.